The van der Waals surface area contributed by atoms with E-state index in [1.807, 2.05) is 0 Å². The van der Waals surface area contributed by atoms with Crippen LogP contribution in [0.5, 0.6) is 5.75 Å². The lowest BCUT2D eigenvalue weighted by Crippen LogP contribution is -2.30. The maximum atomic E-state index is 13.8. The third kappa shape index (κ3) is 7.18. The summed E-state index contributed by atoms with van der Waals surface area (Å²) in [6, 6.07) is 4.26. The molecule has 0 aliphatic rings. The van der Waals surface area contributed by atoms with Gasteiger partial charge in [0.15, 0.2) is 5.75 Å². The average Bonchev–Trinajstić information content (AvgIpc) is 2.80. The molecule has 0 aliphatic heterocycles. The van der Waals surface area contributed by atoms with Gasteiger partial charge in [-0.3, -0.25) is 9.89 Å². The van der Waals surface area contributed by atoms with Crippen molar-refractivity contribution in [1.82, 2.24) is 0 Å². The van der Waals surface area contributed by atoms with E-state index in [0.717, 1.165) is 37.5 Å². The number of carbonyl (C=O) groups is 1. The van der Waals surface area contributed by atoms with Crippen LogP contribution in [-0.2, 0) is 12.4 Å². The van der Waals surface area contributed by atoms with Gasteiger partial charge in [-0.1, -0.05) is 0 Å². The van der Waals surface area contributed by atoms with E-state index in [9.17, 15) is 40.6 Å². The minimum absolute atomic E-state index is 0.0116. The standard InChI is InChI=1S/C22H20F7N3O4/c1-32(15-4-2-14(23)3-5-15)20(35)36-19-17(12(8-30)9-31-10-16(34)11-33)6-13(21(24,25)26)7-18(19)22(27,28)29/h2-9,16,33-34H,10-11,30H2,1H3/b12-8+,31-9?. The molecule has 0 fully saturated rings. The van der Waals surface area contributed by atoms with Crippen LogP contribution in [0.1, 0.15) is 16.7 Å². The molecule has 0 radical (unpaired) electrons. The second-order valence-corrected chi connectivity index (χ2v) is 7.25. The predicted octanol–water partition coefficient (Wildman–Crippen LogP) is 4.22. The van der Waals surface area contributed by atoms with E-state index in [2.05, 4.69) is 4.99 Å². The number of aliphatic hydroxyl groups is 2. The SMILES string of the molecule is CN(C(=O)Oc1c(/C(C=NCC(O)CO)=C/N)cc(C(F)(F)F)cc1C(F)(F)F)c1ccc(F)cc1. The number of hydrogen-bond donors (Lipinski definition) is 3. The van der Waals surface area contributed by atoms with Crippen molar-refractivity contribution >= 4 is 23.6 Å². The van der Waals surface area contributed by atoms with Crippen LogP contribution in [0.3, 0.4) is 0 Å². The van der Waals surface area contributed by atoms with Crippen LogP contribution in [0.2, 0.25) is 0 Å². The second kappa shape index (κ2) is 11.4. The van der Waals surface area contributed by atoms with Crippen molar-refractivity contribution in [3.8, 4) is 5.75 Å². The molecule has 0 saturated carbocycles. The van der Waals surface area contributed by atoms with Gasteiger partial charge in [0.05, 0.1) is 30.4 Å². The first-order chi connectivity index (χ1) is 16.7. The van der Waals surface area contributed by atoms with Gasteiger partial charge in [-0.05, 0) is 36.4 Å². The summed E-state index contributed by atoms with van der Waals surface area (Å²) in [5.74, 6) is -1.95. The fourth-order valence-corrected chi connectivity index (χ4v) is 2.79. The van der Waals surface area contributed by atoms with Gasteiger partial charge >= 0.3 is 18.4 Å². The monoisotopic (exact) mass is 523 g/mol. The van der Waals surface area contributed by atoms with E-state index >= 15 is 0 Å². The third-order valence-electron chi connectivity index (χ3n) is 4.65. The van der Waals surface area contributed by atoms with Crippen LogP contribution >= 0.6 is 0 Å². The Morgan fingerprint density at radius 1 is 1.14 bits per heavy atom. The lowest BCUT2D eigenvalue weighted by atomic mass is 9.98. The maximum Gasteiger partial charge on any atom is 0.420 e. The van der Waals surface area contributed by atoms with Crippen molar-refractivity contribution in [2.24, 2.45) is 10.7 Å². The second-order valence-electron chi connectivity index (χ2n) is 7.25. The van der Waals surface area contributed by atoms with Gasteiger partial charge in [-0.15, -0.1) is 0 Å². The van der Waals surface area contributed by atoms with Gasteiger partial charge in [0.25, 0.3) is 0 Å². The number of nitrogens with zero attached hydrogens (tertiary/aromatic N) is 2. The van der Waals surface area contributed by atoms with Gasteiger partial charge in [0, 0.05) is 36.3 Å². The van der Waals surface area contributed by atoms with Crippen molar-refractivity contribution in [2.75, 3.05) is 25.1 Å². The predicted molar refractivity (Wildman–Crippen MR) is 116 cm³/mol. The van der Waals surface area contributed by atoms with Crippen LogP contribution < -0.4 is 15.4 Å². The molecule has 0 heterocycles. The molecular weight excluding hydrogens is 503 g/mol. The number of amides is 1. The molecule has 0 saturated heterocycles. The van der Waals surface area contributed by atoms with Crippen molar-refractivity contribution in [1.29, 1.82) is 0 Å². The van der Waals surface area contributed by atoms with E-state index in [1.54, 1.807) is 0 Å². The van der Waals surface area contributed by atoms with Gasteiger partial charge < -0.3 is 20.7 Å². The molecule has 2 aromatic carbocycles. The van der Waals surface area contributed by atoms with Crippen LogP contribution in [0, 0.1) is 5.82 Å². The molecule has 7 nitrogen and oxygen atoms in total. The van der Waals surface area contributed by atoms with Crippen molar-refractivity contribution < 1.29 is 50.5 Å². The Morgan fingerprint density at radius 3 is 2.25 bits per heavy atom. The molecule has 36 heavy (non-hydrogen) atoms. The Morgan fingerprint density at radius 2 is 1.75 bits per heavy atom. The number of benzene rings is 2. The summed E-state index contributed by atoms with van der Waals surface area (Å²) >= 11 is 0. The molecule has 1 unspecified atom stereocenters. The molecular formula is C22H20F7N3O4. The average molecular weight is 523 g/mol. The number of aliphatic imine (C=N–C) groups is 1. The summed E-state index contributed by atoms with van der Waals surface area (Å²) in [6.45, 7) is -1.17. The highest BCUT2D eigenvalue weighted by Gasteiger charge is 2.41. The van der Waals surface area contributed by atoms with E-state index in [4.69, 9.17) is 15.6 Å². The zero-order valence-corrected chi connectivity index (χ0v) is 18.4. The normalized spacial score (nSPS) is 13.7. The Labute approximate surface area is 199 Å². The number of anilines is 1. The number of rotatable bonds is 7. The van der Waals surface area contributed by atoms with Crippen LogP contribution in [0.4, 0.5) is 41.2 Å². The Bertz CT molecular complexity index is 1130. The third-order valence-corrected chi connectivity index (χ3v) is 4.65. The van der Waals surface area contributed by atoms with Gasteiger partial charge in [-0.25, -0.2) is 9.18 Å². The lowest BCUT2D eigenvalue weighted by molar-refractivity contribution is -0.143. The van der Waals surface area contributed by atoms with Crippen LogP contribution in [0.25, 0.3) is 5.57 Å². The summed E-state index contributed by atoms with van der Waals surface area (Å²) in [5.41, 5.74) is 0.423. The highest BCUT2D eigenvalue weighted by Crippen LogP contribution is 2.44. The zero-order valence-electron chi connectivity index (χ0n) is 18.4. The summed E-state index contributed by atoms with van der Waals surface area (Å²) in [7, 11) is 1.09. The summed E-state index contributed by atoms with van der Waals surface area (Å²) in [4.78, 5) is 17.0. The summed E-state index contributed by atoms with van der Waals surface area (Å²) in [6.07, 6.45) is -12.0. The molecule has 4 N–H and O–H groups in total. The molecule has 196 valence electrons. The van der Waals surface area contributed by atoms with Crippen molar-refractivity contribution in [2.45, 2.75) is 18.5 Å². The van der Waals surface area contributed by atoms with Crippen molar-refractivity contribution in [3.05, 3.63) is 65.1 Å². The molecule has 0 aliphatic carbocycles. The van der Waals surface area contributed by atoms with Crippen LogP contribution in [0.15, 0.2) is 47.6 Å². The van der Waals surface area contributed by atoms with Gasteiger partial charge in [0.2, 0.25) is 0 Å². The Balaban J connectivity index is 2.67. The quantitative estimate of drug-likeness (QED) is 0.372. The van der Waals surface area contributed by atoms with Crippen LogP contribution in [-0.4, -0.2) is 48.8 Å². The van der Waals surface area contributed by atoms with E-state index in [0.29, 0.717) is 17.2 Å². The molecule has 1 amide bonds. The van der Waals surface area contributed by atoms with E-state index in [1.165, 1.54) is 0 Å². The molecule has 0 aromatic heterocycles. The van der Waals surface area contributed by atoms with Gasteiger partial charge in [-0.2, -0.15) is 26.3 Å². The number of halogens is 7. The van der Waals surface area contributed by atoms with Gasteiger partial charge in [0.1, 0.15) is 5.82 Å². The topological polar surface area (TPSA) is 108 Å². The summed E-state index contributed by atoms with van der Waals surface area (Å²) < 4.78 is 99.8. The number of carbonyl (C=O) groups excluding carboxylic acids is 1. The molecule has 2 aromatic rings. The number of hydrogen-bond acceptors (Lipinski definition) is 6. The fourth-order valence-electron chi connectivity index (χ4n) is 2.79. The molecule has 0 spiro atoms. The Kier molecular flexibility index (Phi) is 9.05. The molecule has 1 atom stereocenters. The minimum Gasteiger partial charge on any atom is -0.409 e. The lowest BCUT2D eigenvalue weighted by Gasteiger charge is -2.22. The highest BCUT2D eigenvalue weighted by molar-refractivity contribution is 6.11. The first kappa shape index (κ1) is 28.6. The summed E-state index contributed by atoms with van der Waals surface area (Å²) in [5, 5.41) is 18.2. The Hall–Kier alpha value is -3.65. The number of ether oxygens (including phenoxy) is 1. The zero-order chi connectivity index (χ0) is 27.3. The molecule has 2 rings (SSSR count). The number of aliphatic hydroxyl groups excluding tert-OH is 2. The number of nitrogens with two attached hydrogens (primary N) is 1. The largest absolute Gasteiger partial charge is 0.420 e. The maximum absolute atomic E-state index is 13.8. The molecule has 0 bridgehead atoms. The van der Waals surface area contributed by atoms with E-state index in [-0.39, 0.29) is 11.8 Å². The first-order valence-corrected chi connectivity index (χ1v) is 9.93. The molecule has 14 heteroatoms. The fraction of sp³-hybridized carbons (Fsp3) is 0.273. The van der Waals surface area contributed by atoms with E-state index < -0.39 is 71.5 Å². The van der Waals surface area contributed by atoms with Crippen molar-refractivity contribution in [3.63, 3.8) is 0 Å². The first-order valence-electron chi connectivity index (χ1n) is 9.93. The minimum atomic E-state index is -5.40. The highest BCUT2D eigenvalue weighted by atomic mass is 19.4. The smallest absolute Gasteiger partial charge is 0.409 e. The number of allylic oxidation sites excluding steroid dienone is 1. The number of alkyl halides is 6.